The Bertz CT molecular complexity index is 308. The molecule has 3 rings (SSSR count). The smallest absolute Gasteiger partial charge is 0.200 e. The Balaban J connectivity index is 1.66. The quantitative estimate of drug-likeness (QED) is 0.744. The molecule has 1 heterocycles. The number of nitrogens with zero attached hydrogens (tertiary/aromatic N) is 2. The summed E-state index contributed by atoms with van der Waals surface area (Å²) in [5, 5.41) is 0. The number of hydrogen-bond donors (Lipinski definition) is 1. The van der Waals surface area contributed by atoms with Crippen molar-refractivity contribution in [1.82, 2.24) is 9.55 Å². The van der Waals surface area contributed by atoms with E-state index in [-0.39, 0.29) is 0 Å². The standard InChI is InChI=1S/C10H15N3/c11-10-12-1-2-13(10)6-7-3-8-5-9(8)4-7/h1-2,7-9H,3-6H2,(H2,11,12). The number of fused-ring (bicyclic) bond motifs is 1. The minimum absolute atomic E-state index is 0.667. The van der Waals surface area contributed by atoms with Gasteiger partial charge in [-0.05, 0) is 37.0 Å². The molecule has 0 aliphatic heterocycles. The van der Waals surface area contributed by atoms with Crippen LogP contribution < -0.4 is 5.73 Å². The van der Waals surface area contributed by atoms with Crippen LogP contribution in [-0.2, 0) is 6.54 Å². The lowest BCUT2D eigenvalue weighted by molar-refractivity contribution is 0.419. The summed E-state index contributed by atoms with van der Waals surface area (Å²) < 4.78 is 2.08. The van der Waals surface area contributed by atoms with Crippen LogP contribution in [0.1, 0.15) is 19.3 Å². The number of aromatic nitrogens is 2. The third-order valence-corrected chi connectivity index (χ3v) is 3.54. The number of nitrogens with two attached hydrogens (primary N) is 1. The largest absolute Gasteiger partial charge is 0.369 e. The van der Waals surface area contributed by atoms with Crippen LogP contribution in [0.4, 0.5) is 5.95 Å². The summed E-state index contributed by atoms with van der Waals surface area (Å²) in [5.41, 5.74) is 5.72. The number of nitrogen functional groups attached to an aromatic ring is 1. The van der Waals surface area contributed by atoms with Crippen molar-refractivity contribution in [3.63, 3.8) is 0 Å². The van der Waals surface area contributed by atoms with Gasteiger partial charge in [-0.3, -0.25) is 0 Å². The summed E-state index contributed by atoms with van der Waals surface area (Å²) in [6.45, 7) is 1.08. The molecule has 0 saturated heterocycles. The Kier molecular flexibility index (Phi) is 1.43. The van der Waals surface area contributed by atoms with Gasteiger partial charge in [-0.15, -0.1) is 0 Å². The molecule has 2 atom stereocenters. The van der Waals surface area contributed by atoms with E-state index >= 15 is 0 Å². The van der Waals surface area contributed by atoms with Crippen molar-refractivity contribution in [3.05, 3.63) is 12.4 Å². The van der Waals surface area contributed by atoms with Gasteiger partial charge in [0.2, 0.25) is 0 Å². The molecule has 1 aromatic rings. The van der Waals surface area contributed by atoms with Gasteiger partial charge in [0, 0.05) is 18.9 Å². The summed E-state index contributed by atoms with van der Waals surface area (Å²) in [6, 6.07) is 0. The van der Waals surface area contributed by atoms with Crippen LogP contribution in [0.3, 0.4) is 0 Å². The maximum Gasteiger partial charge on any atom is 0.200 e. The second-order valence-corrected chi connectivity index (χ2v) is 4.53. The molecule has 2 aliphatic carbocycles. The average Bonchev–Trinajstić information content (AvgIpc) is 2.55. The molecule has 2 aliphatic rings. The Morgan fingerprint density at radius 3 is 2.77 bits per heavy atom. The Morgan fingerprint density at radius 1 is 1.38 bits per heavy atom. The molecular weight excluding hydrogens is 162 g/mol. The van der Waals surface area contributed by atoms with Gasteiger partial charge in [0.15, 0.2) is 5.95 Å². The highest BCUT2D eigenvalue weighted by molar-refractivity contribution is 5.16. The third kappa shape index (κ3) is 1.23. The normalized spacial score (nSPS) is 36.2. The fourth-order valence-corrected chi connectivity index (χ4v) is 2.76. The molecular formula is C10H15N3. The minimum atomic E-state index is 0.667. The van der Waals surface area contributed by atoms with Crippen LogP contribution in [0.2, 0.25) is 0 Å². The van der Waals surface area contributed by atoms with Crippen LogP contribution >= 0.6 is 0 Å². The fourth-order valence-electron chi connectivity index (χ4n) is 2.76. The Morgan fingerprint density at radius 2 is 2.15 bits per heavy atom. The Hall–Kier alpha value is -0.990. The van der Waals surface area contributed by atoms with Gasteiger partial charge in [0.05, 0.1) is 0 Å². The Labute approximate surface area is 78.0 Å². The van der Waals surface area contributed by atoms with Crippen molar-refractivity contribution in [2.45, 2.75) is 25.8 Å². The molecule has 2 unspecified atom stereocenters. The van der Waals surface area contributed by atoms with Crippen LogP contribution in [0.5, 0.6) is 0 Å². The van der Waals surface area contributed by atoms with Crippen molar-refractivity contribution in [1.29, 1.82) is 0 Å². The predicted molar refractivity (Wildman–Crippen MR) is 51.0 cm³/mol. The van der Waals surface area contributed by atoms with Gasteiger partial charge in [-0.1, -0.05) is 0 Å². The number of anilines is 1. The van der Waals surface area contributed by atoms with Gasteiger partial charge < -0.3 is 10.3 Å². The molecule has 3 heteroatoms. The molecule has 3 nitrogen and oxygen atoms in total. The summed E-state index contributed by atoms with van der Waals surface area (Å²) >= 11 is 0. The first-order valence-corrected chi connectivity index (χ1v) is 5.09. The molecule has 70 valence electrons. The van der Waals surface area contributed by atoms with Crippen molar-refractivity contribution in [2.24, 2.45) is 17.8 Å². The van der Waals surface area contributed by atoms with Crippen LogP contribution in [0, 0.1) is 17.8 Å². The maximum absolute atomic E-state index is 5.72. The SMILES string of the molecule is Nc1nccn1CC1CC2CC2C1. The zero-order chi connectivity index (χ0) is 8.84. The highest BCUT2D eigenvalue weighted by atomic mass is 15.1. The lowest BCUT2D eigenvalue weighted by atomic mass is 10.0. The van der Waals surface area contributed by atoms with Crippen LogP contribution in [0.15, 0.2) is 12.4 Å². The molecule has 0 radical (unpaired) electrons. The molecule has 1 aromatic heterocycles. The van der Waals surface area contributed by atoms with Crippen LogP contribution in [0.25, 0.3) is 0 Å². The molecule has 0 spiro atoms. The summed E-state index contributed by atoms with van der Waals surface area (Å²) in [7, 11) is 0. The van der Waals surface area contributed by atoms with E-state index in [1.165, 1.54) is 19.3 Å². The van der Waals surface area contributed by atoms with E-state index in [0.29, 0.717) is 5.95 Å². The molecule has 2 fully saturated rings. The van der Waals surface area contributed by atoms with Gasteiger partial charge in [0.1, 0.15) is 0 Å². The van der Waals surface area contributed by atoms with E-state index in [9.17, 15) is 0 Å². The molecule has 2 N–H and O–H groups in total. The first kappa shape index (κ1) is 7.42. The highest BCUT2D eigenvalue weighted by Gasteiger charge is 2.45. The second kappa shape index (κ2) is 2.50. The van der Waals surface area contributed by atoms with Crippen LogP contribution in [-0.4, -0.2) is 9.55 Å². The van der Waals surface area contributed by atoms with Crippen molar-refractivity contribution in [2.75, 3.05) is 5.73 Å². The van der Waals surface area contributed by atoms with E-state index < -0.39 is 0 Å². The van der Waals surface area contributed by atoms with E-state index in [1.807, 2.05) is 6.20 Å². The summed E-state index contributed by atoms with van der Waals surface area (Å²) in [5.74, 6) is 3.66. The molecule has 0 aromatic carbocycles. The molecule has 13 heavy (non-hydrogen) atoms. The van der Waals surface area contributed by atoms with E-state index in [0.717, 1.165) is 24.3 Å². The summed E-state index contributed by atoms with van der Waals surface area (Å²) in [4.78, 5) is 4.03. The number of hydrogen-bond acceptors (Lipinski definition) is 2. The first-order valence-electron chi connectivity index (χ1n) is 5.09. The minimum Gasteiger partial charge on any atom is -0.369 e. The predicted octanol–water partition coefficient (Wildman–Crippen LogP) is 1.51. The van der Waals surface area contributed by atoms with E-state index in [4.69, 9.17) is 5.73 Å². The second-order valence-electron chi connectivity index (χ2n) is 4.53. The zero-order valence-corrected chi connectivity index (χ0v) is 7.69. The van der Waals surface area contributed by atoms with Crippen molar-refractivity contribution < 1.29 is 0 Å². The first-order chi connectivity index (χ1) is 6.33. The summed E-state index contributed by atoms with van der Waals surface area (Å²) in [6.07, 6.45) is 8.10. The zero-order valence-electron chi connectivity index (χ0n) is 7.69. The fraction of sp³-hybridized carbons (Fsp3) is 0.700. The van der Waals surface area contributed by atoms with Gasteiger partial charge in [-0.2, -0.15) is 0 Å². The van der Waals surface area contributed by atoms with Crippen molar-refractivity contribution >= 4 is 5.95 Å². The molecule has 2 saturated carbocycles. The third-order valence-electron chi connectivity index (χ3n) is 3.54. The lowest BCUT2D eigenvalue weighted by Crippen LogP contribution is -2.10. The van der Waals surface area contributed by atoms with Gasteiger partial charge >= 0.3 is 0 Å². The van der Waals surface area contributed by atoms with Gasteiger partial charge in [-0.25, -0.2) is 4.98 Å². The highest BCUT2D eigenvalue weighted by Crippen LogP contribution is 2.54. The van der Waals surface area contributed by atoms with Gasteiger partial charge in [0.25, 0.3) is 0 Å². The number of imidazole rings is 1. The average molecular weight is 177 g/mol. The lowest BCUT2D eigenvalue weighted by Gasteiger charge is -2.12. The topological polar surface area (TPSA) is 43.8 Å². The monoisotopic (exact) mass is 177 g/mol. The van der Waals surface area contributed by atoms with Crippen molar-refractivity contribution in [3.8, 4) is 0 Å². The maximum atomic E-state index is 5.72. The molecule has 0 bridgehead atoms. The molecule has 0 amide bonds. The number of rotatable bonds is 2. The van der Waals surface area contributed by atoms with E-state index in [1.54, 1.807) is 6.20 Å². The van der Waals surface area contributed by atoms with E-state index in [2.05, 4.69) is 9.55 Å².